The second-order valence-electron chi connectivity index (χ2n) is 2.58. The van der Waals surface area contributed by atoms with Crippen LogP contribution in [0.15, 0.2) is 22.6 Å². The van der Waals surface area contributed by atoms with Gasteiger partial charge in [0.2, 0.25) is 0 Å². The third-order valence-electron chi connectivity index (χ3n) is 1.86. The average molecular weight is 182 g/mol. The Hall–Kier alpha value is -1.02. The molecule has 1 aromatic heterocycles. The molecule has 3 heteroatoms. The van der Waals surface area contributed by atoms with Gasteiger partial charge in [0.25, 0.3) is 5.35 Å². The number of benzene rings is 1. The van der Waals surface area contributed by atoms with Crippen LogP contribution in [0.2, 0.25) is 5.35 Å². The lowest BCUT2D eigenvalue weighted by Crippen LogP contribution is -1.80. The number of halogens is 1. The van der Waals surface area contributed by atoms with E-state index in [1.165, 1.54) is 5.56 Å². The van der Waals surface area contributed by atoms with Gasteiger partial charge in [0.05, 0.1) is 0 Å². The maximum atomic E-state index is 5.63. The van der Waals surface area contributed by atoms with Crippen molar-refractivity contribution < 1.29 is 4.42 Å². The van der Waals surface area contributed by atoms with Crippen LogP contribution >= 0.6 is 11.6 Å². The predicted octanol–water partition coefficient (Wildman–Crippen LogP) is 3.04. The summed E-state index contributed by atoms with van der Waals surface area (Å²) in [5.74, 6) is 0. The molecule has 2 nitrogen and oxygen atoms in total. The van der Waals surface area contributed by atoms with E-state index in [2.05, 4.69) is 11.9 Å². The number of nitrogens with zero attached hydrogens (tertiary/aromatic N) is 1. The summed E-state index contributed by atoms with van der Waals surface area (Å²) >= 11 is 5.63. The molecule has 0 atom stereocenters. The summed E-state index contributed by atoms with van der Waals surface area (Å²) in [5, 5.41) is 0.214. The van der Waals surface area contributed by atoms with Crippen LogP contribution in [0.3, 0.4) is 0 Å². The van der Waals surface area contributed by atoms with E-state index in [9.17, 15) is 0 Å². The van der Waals surface area contributed by atoms with Gasteiger partial charge >= 0.3 is 0 Å². The van der Waals surface area contributed by atoms with Crippen LogP contribution in [-0.4, -0.2) is 4.98 Å². The van der Waals surface area contributed by atoms with E-state index in [1.807, 2.05) is 18.2 Å². The van der Waals surface area contributed by atoms with Crippen molar-refractivity contribution in [1.29, 1.82) is 0 Å². The smallest absolute Gasteiger partial charge is 0.293 e. The molecule has 0 saturated carbocycles. The lowest BCUT2D eigenvalue weighted by atomic mass is 10.1. The molecule has 0 aliphatic rings. The molecule has 0 aliphatic heterocycles. The van der Waals surface area contributed by atoms with Gasteiger partial charge in [0.1, 0.15) is 5.52 Å². The van der Waals surface area contributed by atoms with Crippen LogP contribution in [0, 0.1) is 0 Å². The highest BCUT2D eigenvalue weighted by Gasteiger charge is 2.05. The van der Waals surface area contributed by atoms with Crippen LogP contribution in [0.1, 0.15) is 12.5 Å². The van der Waals surface area contributed by atoms with Gasteiger partial charge in [0, 0.05) is 0 Å². The van der Waals surface area contributed by atoms with Gasteiger partial charge in [-0.1, -0.05) is 19.1 Å². The molecule has 0 saturated heterocycles. The molecule has 0 N–H and O–H groups in total. The molecular formula is C9H8ClNO. The van der Waals surface area contributed by atoms with E-state index in [4.69, 9.17) is 16.0 Å². The van der Waals surface area contributed by atoms with Crippen LogP contribution < -0.4 is 0 Å². The third kappa shape index (κ3) is 1.08. The highest BCUT2D eigenvalue weighted by molar-refractivity contribution is 6.28. The van der Waals surface area contributed by atoms with Gasteiger partial charge in [-0.2, -0.15) is 4.98 Å². The van der Waals surface area contributed by atoms with E-state index in [-0.39, 0.29) is 5.35 Å². The Kier molecular flexibility index (Phi) is 1.77. The first-order valence-corrected chi connectivity index (χ1v) is 4.23. The van der Waals surface area contributed by atoms with Gasteiger partial charge in [-0.3, -0.25) is 0 Å². The fraction of sp³-hybridized carbons (Fsp3) is 0.222. The number of hydrogen-bond donors (Lipinski definition) is 0. The molecule has 0 spiro atoms. The SMILES string of the molecule is CCc1cccc2oc(Cl)nc12. The minimum absolute atomic E-state index is 0.214. The van der Waals surface area contributed by atoms with Crippen molar-refractivity contribution in [2.45, 2.75) is 13.3 Å². The van der Waals surface area contributed by atoms with E-state index in [0.717, 1.165) is 17.5 Å². The Morgan fingerprint density at radius 2 is 2.33 bits per heavy atom. The molecule has 1 aromatic carbocycles. The zero-order valence-electron chi connectivity index (χ0n) is 6.67. The lowest BCUT2D eigenvalue weighted by molar-refractivity contribution is 0.604. The van der Waals surface area contributed by atoms with Crippen molar-refractivity contribution in [2.75, 3.05) is 0 Å². The predicted molar refractivity (Wildman–Crippen MR) is 48.4 cm³/mol. The first-order valence-electron chi connectivity index (χ1n) is 3.85. The first kappa shape index (κ1) is 7.62. The summed E-state index contributed by atoms with van der Waals surface area (Å²) in [7, 11) is 0. The molecular weight excluding hydrogens is 174 g/mol. The van der Waals surface area contributed by atoms with Gasteiger partial charge in [-0.15, -0.1) is 0 Å². The van der Waals surface area contributed by atoms with Crippen molar-refractivity contribution in [1.82, 2.24) is 4.98 Å². The average Bonchev–Trinajstić information content (AvgIpc) is 2.44. The number of hydrogen-bond acceptors (Lipinski definition) is 2. The third-order valence-corrected chi connectivity index (χ3v) is 2.02. The largest absolute Gasteiger partial charge is 0.428 e. The highest BCUT2D eigenvalue weighted by Crippen LogP contribution is 2.22. The topological polar surface area (TPSA) is 26.0 Å². The quantitative estimate of drug-likeness (QED) is 0.676. The molecule has 0 amide bonds. The molecule has 62 valence electrons. The summed E-state index contributed by atoms with van der Waals surface area (Å²) in [5.41, 5.74) is 2.81. The Morgan fingerprint density at radius 3 is 3.08 bits per heavy atom. The number of para-hydroxylation sites is 1. The molecule has 0 unspecified atom stereocenters. The van der Waals surface area contributed by atoms with Crippen LogP contribution in [0.5, 0.6) is 0 Å². The summed E-state index contributed by atoms with van der Waals surface area (Å²) in [6.45, 7) is 2.08. The standard InChI is InChI=1S/C9H8ClNO/c1-2-6-4-3-5-7-8(6)11-9(10)12-7/h3-5H,2H2,1H3. The minimum Gasteiger partial charge on any atom is -0.428 e. The Labute approximate surface area is 75.2 Å². The maximum Gasteiger partial charge on any atom is 0.293 e. The maximum absolute atomic E-state index is 5.63. The summed E-state index contributed by atoms with van der Waals surface area (Å²) in [4.78, 5) is 4.08. The van der Waals surface area contributed by atoms with E-state index in [1.54, 1.807) is 0 Å². The van der Waals surface area contributed by atoms with Crippen molar-refractivity contribution in [3.05, 3.63) is 29.1 Å². The van der Waals surface area contributed by atoms with Crippen molar-refractivity contribution in [3.63, 3.8) is 0 Å². The number of oxazole rings is 1. The Morgan fingerprint density at radius 1 is 1.50 bits per heavy atom. The first-order chi connectivity index (χ1) is 5.81. The molecule has 1 heterocycles. The number of fused-ring (bicyclic) bond motifs is 1. The monoisotopic (exact) mass is 181 g/mol. The van der Waals surface area contributed by atoms with E-state index >= 15 is 0 Å². The van der Waals surface area contributed by atoms with Crippen LogP contribution in [-0.2, 0) is 6.42 Å². The van der Waals surface area contributed by atoms with Gasteiger partial charge in [-0.25, -0.2) is 0 Å². The Bertz CT molecular complexity index is 408. The molecule has 0 fully saturated rings. The van der Waals surface area contributed by atoms with Crippen LogP contribution in [0.25, 0.3) is 11.1 Å². The summed E-state index contributed by atoms with van der Waals surface area (Å²) < 4.78 is 5.16. The number of rotatable bonds is 1. The zero-order valence-corrected chi connectivity index (χ0v) is 7.43. The van der Waals surface area contributed by atoms with E-state index < -0.39 is 0 Å². The molecule has 2 aromatic rings. The lowest BCUT2D eigenvalue weighted by Gasteiger charge is -1.93. The second kappa shape index (κ2) is 2.79. The summed E-state index contributed by atoms with van der Waals surface area (Å²) in [6.07, 6.45) is 0.945. The normalized spacial score (nSPS) is 10.8. The fourth-order valence-corrected chi connectivity index (χ4v) is 1.43. The molecule has 2 rings (SSSR count). The van der Waals surface area contributed by atoms with Gasteiger partial charge in [-0.05, 0) is 29.7 Å². The van der Waals surface area contributed by atoms with Crippen molar-refractivity contribution in [2.24, 2.45) is 0 Å². The molecule has 0 aliphatic carbocycles. The fourth-order valence-electron chi connectivity index (χ4n) is 1.26. The van der Waals surface area contributed by atoms with Gasteiger partial charge < -0.3 is 4.42 Å². The number of aryl methyl sites for hydroxylation is 1. The molecule has 0 bridgehead atoms. The second-order valence-corrected chi connectivity index (χ2v) is 2.91. The minimum atomic E-state index is 0.214. The molecule has 12 heavy (non-hydrogen) atoms. The zero-order chi connectivity index (χ0) is 8.55. The Balaban J connectivity index is 2.78. The van der Waals surface area contributed by atoms with Crippen LogP contribution in [0.4, 0.5) is 0 Å². The molecule has 0 radical (unpaired) electrons. The highest BCUT2D eigenvalue weighted by atomic mass is 35.5. The van der Waals surface area contributed by atoms with Gasteiger partial charge in [0.15, 0.2) is 5.58 Å². The van der Waals surface area contributed by atoms with Crippen molar-refractivity contribution >= 4 is 22.7 Å². The summed E-state index contributed by atoms with van der Waals surface area (Å²) in [6, 6.07) is 5.84. The van der Waals surface area contributed by atoms with E-state index in [0.29, 0.717) is 0 Å². The number of aromatic nitrogens is 1. The van der Waals surface area contributed by atoms with Crippen molar-refractivity contribution in [3.8, 4) is 0 Å².